The Bertz CT molecular complexity index is 1420. The van der Waals surface area contributed by atoms with Crippen LogP contribution in [0.2, 0.25) is 0 Å². The molecule has 172 valence electrons. The molecule has 3 heterocycles. The Kier molecular flexibility index (Phi) is 5.64. The number of aromatic nitrogens is 4. The van der Waals surface area contributed by atoms with Crippen molar-refractivity contribution in [2.45, 2.75) is 0 Å². The van der Waals surface area contributed by atoms with E-state index in [1.807, 2.05) is 78.9 Å². The molecular weight excluding hydrogens is 436 g/mol. The van der Waals surface area contributed by atoms with Crippen molar-refractivity contribution in [1.29, 1.82) is 0 Å². The van der Waals surface area contributed by atoms with Crippen molar-refractivity contribution < 1.29 is 4.74 Å². The molecule has 1 fully saturated rings. The second-order valence-electron chi connectivity index (χ2n) is 8.35. The molecule has 0 unspecified atom stereocenters. The number of nitrogens with zero attached hydrogens (tertiary/aromatic N) is 6. The Morgan fingerprint density at radius 2 is 1.26 bits per heavy atom. The lowest BCUT2D eigenvalue weighted by molar-refractivity contribution is 0.483. The molecule has 1 aliphatic rings. The monoisotopic (exact) mass is 460 g/mol. The number of piperazine rings is 1. The fraction of sp³-hybridized carbons (Fsp3) is 0.143. The largest absolute Gasteiger partial charge is 0.457 e. The van der Waals surface area contributed by atoms with Gasteiger partial charge < -0.3 is 14.5 Å². The molecule has 0 aliphatic carbocycles. The first-order valence-corrected chi connectivity index (χ1v) is 11.7. The van der Waals surface area contributed by atoms with Crippen LogP contribution < -0.4 is 14.5 Å². The number of rotatable bonds is 5. The lowest BCUT2D eigenvalue weighted by atomic mass is 10.1. The standard InChI is InChI=1S/C28H24N6O/c1-2-7-22(8-3-1)35-23-13-11-21(12-14-23)26-31-25-10-5-4-9-24(25)27(32-26)33-17-19-34(20-18-33)28-29-15-6-16-30-28/h1-16H,17-20H2. The van der Waals surface area contributed by atoms with Crippen LogP contribution in [0, 0.1) is 0 Å². The van der Waals surface area contributed by atoms with Crippen molar-refractivity contribution in [3.8, 4) is 22.9 Å². The molecule has 0 spiro atoms. The maximum Gasteiger partial charge on any atom is 0.225 e. The zero-order valence-electron chi connectivity index (χ0n) is 19.2. The number of benzene rings is 3. The van der Waals surface area contributed by atoms with Crippen LogP contribution in [-0.4, -0.2) is 46.1 Å². The van der Waals surface area contributed by atoms with E-state index in [9.17, 15) is 0 Å². The van der Waals surface area contributed by atoms with E-state index in [0.29, 0.717) is 5.82 Å². The van der Waals surface area contributed by atoms with Crippen LogP contribution in [0.4, 0.5) is 11.8 Å². The first-order chi connectivity index (χ1) is 17.3. The summed E-state index contributed by atoms with van der Waals surface area (Å²) < 4.78 is 5.94. The van der Waals surface area contributed by atoms with Crippen molar-refractivity contribution in [2.24, 2.45) is 0 Å². The van der Waals surface area contributed by atoms with E-state index in [4.69, 9.17) is 14.7 Å². The normalized spacial score (nSPS) is 13.7. The van der Waals surface area contributed by atoms with Crippen molar-refractivity contribution in [2.75, 3.05) is 36.0 Å². The van der Waals surface area contributed by atoms with Gasteiger partial charge in [0, 0.05) is 49.5 Å². The molecule has 0 saturated carbocycles. The number of anilines is 2. The van der Waals surface area contributed by atoms with Gasteiger partial charge in [-0.3, -0.25) is 0 Å². The van der Waals surface area contributed by atoms with Gasteiger partial charge in [0.05, 0.1) is 5.52 Å². The SMILES string of the molecule is c1ccc(Oc2ccc(-c3nc(N4CCN(c5ncccn5)CC4)c4ccccc4n3)cc2)cc1. The number of ether oxygens (including phenoxy) is 1. The van der Waals surface area contributed by atoms with Crippen LogP contribution >= 0.6 is 0 Å². The fourth-order valence-corrected chi connectivity index (χ4v) is 4.30. The molecule has 3 aromatic carbocycles. The molecular formula is C28H24N6O. The molecule has 7 nitrogen and oxygen atoms in total. The Morgan fingerprint density at radius 3 is 2.03 bits per heavy atom. The number of hydrogen-bond acceptors (Lipinski definition) is 7. The summed E-state index contributed by atoms with van der Waals surface area (Å²) >= 11 is 0. The van der Waals surface area contributed by atoms with Crippen LogP contribution in [0.25, 0.3) is 22.3 Å². The molecule has 0 radical (unpaired) electrons. The van der Waals surface area contributed by atoms with E-state index >= 15 is 0 Å². The van der Waals surface area contributed by atoms with Gasteiger partial charge in [-0.05, 0) is 54.6 Å². The smallest absolute Gasteiger partial charge is 0.225 e. The summed E-state index contributed by atoms with van der Waals surface area (Å²) in [7, 11) is 0. The fourth-order valence-electron chi connectivity index (χ4n) is 4.30. The lowest BCUT2D eigenvalue weighted by Gasteiger charge is -2.35. The molecule has 1 saturated heterocycles. The third kappa shape index (κ3) is 4.48. The van der Waals surface area contributed by atoms with Crippen LogP contribution in [0.15, 0.2) is 97.3 Å². The van der Waals surface area contributed by atoms with Gasteiger partial charge in [0.1, 0.15) is 17.3 Å². The molecule has 0 bridgehead atoms. The third-order valence-corrected chi connectivity index (χ3v) is 6.09. The van der Waals surface area contributed by atoms with Gasteiger partial charge in [-0.1, -0.05) is 30.3 Å². The minimum atomic E-state index is 0.707. The number of para-hydroxylation sites is 2. The van der Waals surface area contributed by atoms with E-state index < -0.39 is 0 Å². The average Bonchev–Trinajstić information content (AvgIpc) is 2.94. The molecule has 7 heteroatoms. The van der Waals surface area contributed by atoms with Crippen LogP contribution in [0.5, 0.6) is 11.5 Å². The lowest BCUT2D eigenvalue weighted by Crippen LogP contribution is -2.47. The summed E-state index contributed by atoms with van der Waals surface area (Å²) in [6, 6.07) is 27.8. The average molecular weight is 461 g/mol. The maximum absolute atomic E-state index is 5.94. The summed E-state index contributed by atoms with van der Waals surface area (Å²) in [6.07, 6.45) is 3.57. The van der Waals surface area contributed by atoms with Crippen molar-refractivity contribution in [3.63, 3.8) is 0 Å². The molecule has 0 atom stereocenters. The maximum atomic E-state index is 5.94. The van der Waals surface area contributed by atoms with Gasteiger partial charge in [0.25, 0.3) is 0 Å². The summed E-state index contributed by atoms with van der Waals surface area (Å²) in [6.45, 7) is 3.34. The third-order valence-electron chi connectivity index (χ3n) is 6.09. The van der Waals surface area contributed by atoms with Gasteiger partial charge >= 0.3 is 0 Å². The van der Waals surface area contributed by atoms with Gasteiger partial charge in [-0.15, -0.1) is 0 Å². The summed E-state index contributed by atoms with van der Waals surface area (Å²) in [4.78, 5) is 23.2. The molecule has 5 aromatic rings. The van der Waals surface area contributed by atoms with E-state index in [2.05, 4.69) is 25.8 Å². The van der Waals surface area contributed by atoms with Gasteiger partial charge in [0.15, 0.2) is 5.82 Å². The molecule has 35 heavy (non-hydrogen) atoms. The topological polar surface area (TPSA) is 67.3 Å². The van der Waals surface area contributed by atoms with Gasteiger partial charge in [0.2, 0.25) is 5.95 Å². The zero-order chi connectivity index (χ0) is 23.5. The molecule has 2 aromatic heterocycles. The molecule has 0 N–H and O–H groups in total. The second-order valence-corrected chi connectivity index (χ2v) is 8.35. The van der Waals surface area contributed by atoms with E-state index in [-0.39, 0.29) is 0 Å². The molecule has 0 amide bonds. The first-order valence-electron chi connectivity index (χ1n) is 11.7. The number of hydrogen-bond donors (Lipinski definition) is 0. The highest BCUT2D eigenvalue weighted by molar-refractivity contribution is 5.91. The van der Waals surface area contributed by atoms with E-state index in [1.54, 1.807) is 12.4 Å². The minimum Gasteiger partial charge on any atom is -0.457 e. The van der Waals surface area contributed by atoms with Crippen molar-refractivity contribution >= 4 is 22.7 Å². The van der Waals surface area contributed by atoms with Crippen molar-refractivity contribution in [1.82, 2.24) is 19.9 Å². The highest BCUT2D eigenvalue weighted by Crippen LogP contribution is 2.30. The molecule has 1 aliphatic heterocycles. The minimum absolute atomic E-state index is 0.707. The van der Waals surface area contributed by atoms with Crippen LogP contribution in [0.1, 0.15) is 0 Å². The van der Waals surface area contributed by atoms with Crippen LogP contribution in [0.3, 0.4) is 0 Å². The highest BCUT2D eigenvalue weighted by atomic mass is 16.5. The summed E-state index contributed by atoms with van der Waals surface area (Å²) in [5, 5.41) is 1.06. The predicted molar refractivity (Wildman–Crippen MR) is 138 cm³/mol. The Balaban J connectivity index is 1.27. The Morgan fingerprint density at radius 1 is 0.600 bits per heavy atom. The Hall–Kier alpha value is -4.52. The molecule has 6 rings (SSSR count). The Labute approximate surface area is 203 Å². The highest BCUT2D eigenvalue weighted by Gasteiger charge is 2.22. The van der Waals surface area contributed by atoms with Crippen LogP contribution in [-0.2, 0) is 0 Å². The summed E-state index contributed by atoms with van der Waals surface area (Å²) in [5.74, 6) is 4.03. The predicted octanol–water partition coefficient (Wildman–Crippen LogP) is 5.21. The quantitative estimate of drug-likeness (QED) is 0.357. The van der Waals surface area contributed by atoms with Gasteiger partial charge in [-0.25, -0.2) is 19.9 Å². The second kappa shape index (κ2) is 9.38. The first kappa shape index (κ1) is 21.0. The van der Waals surface area contributed by atoms with E-state index in [1.165, 1.54) is 0 Å². The zero-order valence-corrected chi connectivity index (χ0v) is 19.2. The van der Waals surface area contributed by atoms with Gasteiger partial charge in [-0.2, -0.15) is 0 Å². The summed E-state index contributed by atoms with van der Waals surface area (Å²) in [5.41, 5.74) is 1.89. The number of fused-ring (bicyclic) bond motifs is 1. The van der Waals surface area contributed by atoms with Crippen molar-refractivity contribution in [3.05, 3.63) is 97.3 Å². The van der Waals surface area contributed by atoms with E-state index in [0.717, 1.165) is 65.9 Å².